The normalized spacial score (nSPS) is 13.0. The number of ether oxygens (including phenoxy) is 1. The molecule has 0 aliphatic rings. The molecular formula is C14H11ClF4N2O. The van der Waals surface area contributed by atoms with Crippen LogP contribution < -0.4 is 10.5 Å². The summed E-state index contributed by atoms with van der Waals surface area (Å²) in [6.45, 7) is -0.0188. The number of nitrogens with zero attached hydrogens (tertiary/aromatic N) is 1. The molecule has 22 heavy (non-hydrogen) atoms. The van der Waals surface area contributed by atoms with Gasteiger partial charge in [-0.15, -0.1) is 0 Å². The predicted octanol–water partition coefficient (Wildman–Crippen LogP) is 3.97. The molecule has 3 nitrogen and oxygen atoms in total. The number of hydrogen-bond donors (Lipinski definition) is 1. The average molecular weight is 335 g/mol. The summed E-state index contributed by atoms with van der Waals surface area (Å²) in [6.07, 6.45) is -3.53. The highest BCUT2D eigenvalue weighted by atomic mass is 35.5. The lowest BCUT2D eigenvalue weighted by atomic mass is 10.1. The fourth-order valence-corrected chi connectivity index (χ4v) is 1.85. The molecule has 0 radical (unpaired) electrons. The zero-order chi connectivity index (χ0) is 16.3. The Morgan fingerprint density at radius 1 is 1.23 bits per heavy atom. The van der Waals surface area contributed by atoms with Gasteiger partial charge in [-0.2, -0.15) is 13.2 Å². The second kappa shape index (κ2) is 6.50. The highest BCUT2D eigenvalue weighted by molar-refractivity contribution is 6.30. The van der Waals surface area contributed by atoms with Gasteiger partial charge in [0.05, 0.1) is 17.3 Å². The Labute approximate surface area is 128 Å². The van der Waals surface area contributed by atoms with Gasteiger partial charge in [0, 0.05) is 0 Å². The quantitative estimate of drug-likeness (QED) is 0.861. The van der Waals surface area contributed by atoms with E-state index >= 15 is 0 Å². The monoisotopic (exact) mass is 334 g/mol. The SMILES string of the molecule is NC(COc1ccc(C(F)(F)F)nc1)c1ccc(F)c(Cl)c1. The fraction of sp³-hybridized carbons (Fsp3) is 0.214. The van der Waals surface area contributed by atoms with E-state index in [0.29, 0.717) is 5.56 Å². The number of hydrogen-bond acceptors (Lipinski definition) is 3. The third-order valence-electron chi connectivity index (χ3n) is 2.83. The summed E-state index contributed by atoms with van der Waals surface area (Å²) in [4.78, 5) is 3.26. The summed E-state index contributed by atoms with van der Waals surface area (Å²) in [5.41, 5.74) is 5.40. The number of rotatable bonds is 4. The van der Waals surface area contributed by atoms with Gasteiger partial charge in [0.2, 0.25) is 0 Å². The maximum absolute atomic E-state index is 13.0. The van der Waals surface area contributed by atoms with Gasteiger partial charge in [0.1, 0.15) is 23.9 Å². The summed E-state index contributed by atoms with van der Waals surface area (Å²) in [6, 6.07) is 5.36. The van der Waals surface area contributed by atoms with Crippen LogP contribution in [0.15, 0.2) is 36.5 Å². The van der Waals surface area contributed by atoms with Crippen molar-refractivity contribution in [1.29, 1.82) is 0 Å². The maximum atomic E-state index is 13.0. The van der Waals surface area contributed by atoms with Gasteiger partial charge >= 0.3 is 6.18 Å². The van der Waals surface area contributed by atoms with Crippen molar-refractivity contribution in [3.8, 4) is 5.75 Å². The molecule has 1 aromatic heterocycles. The van der Waals surface area contributed by atoms with Crippen molar-refractivity contribution < 1.29 is 22.3 Å². The largest absolute Gasteiger partial charge is 0.490 e. The first-order valence-electron chi connectivity index (χ1n) is 6.14. The first kappa shape index (κ1) is 16.5. The van der Waals surface area contributed by atoms with Crippen LogP contribution in [0.2, 0.25) is 5.02 Å². The summed E-state index contributed by atoms with van der Waals surface area (Å²) in [5.74, 6) is -0.415. The van der Waals surface area contributed by atoms with Crippen LogP contribution in [0, 0.1) is 5.82 Å². The van der Waals surface area contributed by atoms with Gasteiger partial charge < -0.3 is 10.5 Å². The molecule has 0 aliphatic heterocycles. The number of alkyl halides is 3. The van der Waals surface area contributed by atoms with Crippen LogP contribution in [-0.2, 0) is 6.18 Å². The van der Waals surface area contributed by atoms with Gasteiger partial charge in [0.25, 0.3) is 0 Å². The van der Waals surface area contributed by atoms with Gasteiger partial charge in [-0.05, 0) is 29.8 Å². The van der Waals surface area contributed by atoms with E-state index in [9.17, 15) is 17.6 Å². The minimum atomic E-state index is -4.50. The standard InChI is InChI=1S/C14H11ClF4N2O/c15-10-5-8(1-3-11(10)16)12(20)7-22-9-2-4-13(21-6-9)14(17,18)19/h1-6,12H,7,20H2. The zero-order valence-electron chi connectivity index (χ0n) is 11.1. The molecule has 2 aromatic rings. The minimum absolute atomic E-state index is 0.0188. The van der Waals surface area contributed by atoms with E-state index in [4.69, 9.17) is 22.1 Å². The van der Waals surface area contributed by atoms with Crippen molar-refractivity contribution in [3.63, 3.8) is 0 Å². The Balaban J connectivity index is 1.98. The number of aromatic nitrogens is 1. The van der Waals surface area contributed by atoms with E-state index in [1.807, 2.05) is 0 Å². The smallest absolute Gasteiger partial charge is 0.433 e. The summed E-state index contributed by atoms with van der Waals surface area (Å²) in [5, 5.41) is -0.0656. The van der Waals surface area contributed by atoms with Crippen LogP contribution >= 0.6 is 11.6 Å². The maximum Gasteiger partial charge on any atom is 0.433 e. The first-order valence-corrected chi connectivity index (χ1v) is 6.52. The third kappa shape index (κ3) is 4.08. The van der Waals surface area contributed by atoms with Gasteiger partial charge in [0.15, 0.2) is 0 Å². The Bertz CT molecular complexity index is 646. The first-order chi connectivity index (χ1) is 10.3. The number of benzene rings is 1. The molecule has 2 N–H and O–H groups in total. The second-order valence-corrected chi connectivity index (χ2v) is 4.88. The molecule has 1 atom stereocenters. The van der Waals surface area contributed by atoms with Crippen molar-refractivity contribution in [2.45, 2.75) is 12.2 Å². The van der Waals surface area contributed by atoms with Gasteiger partial charge in [-0.1, -0.05) is 17.7 Å². The molecule has 0 bridgehead atoms. The number of pyridine rings is 1. The summed E-state index contributed by atoms with van der Waals surface area (Å²) < 4.78 is 55.4. The van der Waals surface area contributed by atoms with Crippen molar-refractivity contribution in [2.75, 3.05) is 6.61 Å². The highest BCUT2D eigenvalue weighted by Crippen LogP contribution is 2.28. The Morgan fingerprint density at radius 2 is 1.95 bits per heavy atom. The lowest BCUT2D eigenvalue weighted by Crippen LogP contribution is -2.19. The zero-order valence-corrected chi connectivity index (χ0v) is 11.8. The number of nitrogens with two attached hydrogens (primary N) is 1. The van der Waals surface area contributed by atoms with E-state index in [2.05, 4.69) is 4.98 Å². The second-order valence-electron chi connectivity index (χ2n) is 4.47. The van der Waals surface area contributed by atoms with Crippen LogP contribution in [-0.4, -0.2) is 11.6 Å². The molecular weight excluding hydrogens is 324 g/mol. The predicted molar refractivity (Wildman–Crippen MR) is 73.1 cm³/mol. The lowest BCUT2D eigenvalue weighted by molar-refractivity contribution is -0.141. The van der Waals surface area contributed by atoms with E-state index in [1.54, 1.807) is 0 Å². The lowest BCUT2D eigenvalue weighted by Gasteiger charge is -2.14. The Hall–Kier alpha value is -1.86. The third-order valence-corrected chi connectivity index (χ3v) is 3.12. The molecule has 0 saturated heterocycles. The van der Waals surface area contributed by atoms with Crippen LogP contribution in [0.4, 0.5) is 17.6 Å². The minimum Gasteiger partial charge on any atom is -0.490 e. The van der Waals surface area contributed by atoms with Crippen molar-refractivity contribution in [2.24, 2.45) is 5.73 Å². The molecule has 0 aliphatic carbocycles. The van der Waals surface area contributed by atoms with Crippen molar-refractivity contribution >= 4 is 11.6 Å². The van der Waals surface area contributed by atoms with Crippen molar-refractivity contribution in [3.05, 3.63) is 58.6 Å². The average Bonchev–Trinajstić information content (AvgIpc) is 2.47. The van der Waals surface area contributed by atoms with Crippen LogP contribution in [0.1, 0.15) is 17.3 Å². The Kier molecular flexibility index (Phi) is 4.87. The van der Waals surface area contributed by atoms with Gasteiger partial charge in [-0.3, -0.25) is 0 Å². The van der Waals surface area contributed by atoms with Crippen LogP contribution in [0.25, 0.3) is 0 Å². The van der Waals surface area contributed by atoms with Gasteiger partial charge in [-0.25, -0.2) is 9.37 Å². The van der Waals surface area contributed by atoms with Crippen LogP contribution in [0.5, 0.6) is 5.75 Å². The molecule has 0 saturated carbocycles. The molecule has 2 rings (SSSR count). The molecule has 8 heteroatoms. The van der Waals surface area contributed by atoms with E-state index in [0.717, 1.165) is 18.3 Å². The molecule has 1 heterocycles. The topological polar surface area (TPSA) is 48.1 Å². The van der Waals surface area contributed by atoms with Crippen LogP contribution in [0.3, 0.4) is 0 Å². The van der Waals surface area contributed by atoms with E-state index in [-0.39, 0.29) is 17.4 Å². The molecule has 0 spiro atoms. The number of halogens is 5. The Morgan fingerprint density at radius 3 is 2.50 bits per heavy atom. The van der Waals surface area contributed by atoms with E-state index < -0.39 is 23.7 Å². The summed E-state index contributed by atoms with van der Waals surface area (Å²) >= 11 is 5.65. The molecule has 118 valence electrons. The summed E-state index contributed by atoms with van der Waals surface area (Å²) in [7, 11) is 0. The molecule has 0 amide bonds. The molecule has 1 aromatic carbocycles. The van der Waals surface area contributed by atoms with E-state index in [1.165, 1.54) is 18.2 Å². The molecule has 0 fully saturated rings. The highest BCUT2D eigenvalue weighted by Gasteiger charge is 2.32. The fourth-order valence-electron chi connectivity index (χ4n) is 1.66. The molecule has 1 unspecified atom stereocenters. The van der Waals surface area contributed by atoms with Crippen molar-refractivity contribution in [1.82, 2.24) is 4.98 Å².